The SMILES string of the molecule is Cc1n[nH]c(=O)n1-c1cc(C(=O)NCC2(c3ccc(F)cc3)CCCCO2)c(Cl)cn1. The Bertz CT molecular complexity index is 1150. The van der Waals surface area contributed by atoms with E-state index in [1.54, 1.807) is 19.1 Å². The van der Waals surface area contributed by atoms with Crippen LogP contribution in [0.25, 0.3) is 5.82 Å². The molecule has 0 radical (unpaired) electrons. The molecule has 1 unspecified atom stereocenters. The summed E-state index contributed by atoms with van der Waals surface area (Å²) in [7, 11) is 0. The Hall–Kier alpha value is -3.04. The van der Waals surface area contributed by atoms with Gasteiger partial charge in [0.05, 0.1) is 17.1 Å². The predicted molar refractivity (Wildman–Crippen MR) is 112 cm³/mol. The number of aryl methyl sites for hydroxylation is 1. The number of hydrogen-bond donors (Lipinski definition) is 2. The minimum atomic E-state index is -0.748. The molecule has 31 heavy (non-hydrogen) atoms. The van der Waals surface area contributed by atoms with Gasteiger partial charge in [-0.3, -0.25) is 4.79 Å². The van der Waals surface area contributed by atoms with Crippen LogP contribution in [0.15, 0.2) is 41.3 Å². The minimum absolute atomic E-state index is 0.149. The van der Waals surface area contributed by atoms with Gasteiger partial charge in [-0.05, 0) is 49.9 Å². The highest BCUT2D eigenvalue weighted by molar-refractivity contribution is 6.33. The summed E-state index contributed by atoms with van der Waals surface area (Å²) in [6.45, 7) is 2.38. The number of H-pyrrole nitrogens is 1. The summed E-state index contributed by atoms with van der Waals surface area (Å²) in [5, 5.41) is 9.21. The number of pyridine rings is 1. The molecule has 3 heterocycles. The summed E-state index contributed by atoms with van der Waals surface area (Å²) in [6.07, 6.45) is 3.86. The number of rotatable bonds is 5. The van der Waals surface area contributed by atoms with Gasteiger partial charge in [-0.15, -0.1) is 0 Å². The molecule has 1 fully saturated rings. The fraction of sp³-hybridized carbons (Fsp3) is 0.333. The van der Waals surface area contributed by atoms with Crippen molar-refractivity contribution in [1.29, 1.82) is 0 Å². The maximum atomic E-state index is 13.4. The van der Waals surface area contributed by atoms with Crippen LogP contribution in [-0.4, -0.2) is 38.8 Å². The molecule has 10 heteroatoms. The van der Waals surface area contributed by atoms with Crippen LogP contribution < -0.4 is 11.0 Å². The summed E-state index contributed by atoms with van der Waals surface area (Å²) in [4.78, 5) is 29.1. The number of nitrogens with zero attached hydrogens (tertiary/aromatic N) is 3. The molecule has 0 saturated carbocycles. The van der Waals surface area contributed by atoms with Gasteiger partial charge in [0.2, 0.25) is 0 Å². The zero-order valence-electron chi connectivity index (χ0n) is 16.8. The lowest BCUT2D eigenvalue weighted by Crippen LogP contribution is -2.45. The van der Waals surface area contributed by atoms with E-state index in [1.807, 2.05) is 0 Å². The van der Waals surface area contributed by atoms with Crippen LogP contribution in [0.1, 0.15) is 41.0 Å². The van der Waals surface area contributed by atoms with Crippen molar-refractivity contribution in [2.45, 2.75) is 31.8 Å². The third-order valence-electron chi connectivity index (χ3n) is 5.41. The highest BCUT2D eigenvalue weighted by atomic mass is 35.5. The molecule has 0 spiro atoms. The van der Waals surface area contributed by atoms with Crippen LogP contribution in [0.3, 0.4) is 0 Å². The summed E-state index contributed by atoms with van der Waals surface area (Å²) in [6, 6.07) is 7.56. The Morgan fingerprint density at radius 3 is 2.77 bits per heavy atom. The van der Waals surface area contributed by atoms with E-state index in [2.05, 4.69) is 20.5 Å². The monoisotopic (exact) mass is 445 g/mol. The molecule has 3 aromatic rings. The molecule has 1 saturated heterocycles. The maximum absolute atomic E-state index is 13.4. The molecule has 0 aliphatic carbocycles. The van der Waals surface area contributed by atoms with E-state index in [9.17, 15) is 14.0 Å². The molecular formula is C21H21ClFN5O3. The smallest absolute Gasteiger partial charge is 0.349 e. The second-order valence-corrected chi connectivity index (χ2v) is 7.83. The Morgan fingerprint density at radius 2 is 2.13 bits per heavy atom. The van der Waals surface area contributed by atoms with Gasteiger partial charge in [-0.1, -0.05) is 23.7 Å². The minimum Gasteiger partial charge on any atom is -0.368 e. The highest BCUT2D eigenvalue weighted by Crippen LogP contribution is 2.35. The normalized spacial score (nSPS) is 18.7. The number of benzene rings is 1. The van der Waals surface area contributed by atoms with Crippen molar-refractivity contribution in [2.75, 3.05) is 13.2 Å². The molecule has 2 N–H and O–H groups in total. The quantitative estimate of drug-likeness (QED) is 0.628. The Labute approximate surface area is 182 Å². The predicted octanol–water partition coefficient (Wildman–Crippen LogP) is 2.88. The Morgan fingerprint density at radius 1 is 1.35 bits per heavy atom. The highest BCUT2D eigenvalue weighted by Gasteiger charge is 2.36. The number of aromatic nitrogens is 4. The number of nitrogens with one attached hydrogen (secondary N) is 2. The largest absolute Gasteiger partial charge is 0.368 e. The van der Waals surface area contributed by atoms with Crippen LogP contribution in [0, 0.1) is 12.7 Å². The molecular weight excluding hydrogens is 425 g/mol. The lowest BCUT2D eigenvalue weighted by molar-refractivity contribution is -0.0809. The van der Waals surface area contributed by atoms with Crippen LogP contribution in [0.4, 0.5) is 4.39 Å². The number of ether oxygens (including phenoxy) is 1. The third-order valence-corrected chi connectivity index (χ3v) is 5.71. The van der Waals surface area contributed by atoms with Crippen LogP contribution in [-0.2, 0) is 10.3 Å². The standard InChI is InChI=1S/C21H21ClFN5O3/c1-13-26-27-20(30)28(13)18-10-16(17(22)11-24-18)19(29)25-12-21(8-2-3-9-31-21)14-4-6-15(23)7-5-14/h4-7,10-11H,2-3,8-9,12H2,1H3,(H,25,29)(H,27,30). The van der Waals surface area contributed by atoms with Crippen molar-refractivity contribution in [3.8, 4) is 5.82 Å². The van der Waals surface area contributed by atoms with E-state index in [4.69, 9.17) is 16.3 Å². The summed E-state index contributed by atoms with van der Waals surface area (Å²) in [5.41, 5.74) is -0.244. The van der Waals surface area contributed by atoms with Gasteiger partial charge in [-0.2, -0.15) is 5.10 Å². The first-order valence-electron chi connectivity index (χ1n) is 9.88. The average molecular weight is 446 g/mol. The maximum Gasteiger partial charge on any atom is 0.349 e. The first kappa shape index (κ1) is 21.2. The van der Waals surface area contributed by atoms with E-state index in [0.29, 0.717) is 18.9 Å². The topological polar surface area (TPSA) is 102 Å². The number of carbonyl (C=O) groups is 1. The summed E-state index contributed by atoms with van der Waals surface area (Å²) in [5.74, 6) is -0.136. The second-order valence-electron chi connectivity index (χ2n) is 7.42. The summed E-state index contributed by atoms with van der Waals surface area (Å²) < 4.78 is 20.7. The lowest BCUT2D eigenvalue weighted by atomic mass is 9.86. The molecule has 162 valence electrons. The molecule has 1 atom stereocenters. The molecule has 1 aliphatic rings. The van der Waals surface area contributed by atoms with Gasteiger partial charge >= 0.3 is 5.69 Å². The fourth-order valence-electron chi connectivity index (χ4n) is 3.76. The van der Waals surface area contributed by atoms with Gasteiger partial charge in [0.25, 0.3) is 5.91 Å². The van der Waals surface area contributed by atoms with Crippen molar-refractivity contribution in [1.82, 2.24) is 25.1 Å². The fourth-order valence-corrected chi connectivity index (χ4v) is 3.95. The summed E-state index contributed by atoms with van der Waals surface area (Å²) >= 11 is 6.22. The van der Waals surface area contributed by atoms with Crippen LogP contribution in [0.5, 0.6) is 0 Å². The number of amides is 1. The zero-order chi connectivity index (χ0) is 22.0. The van der Waals surface area contributed by atoms with E-state index >= 15 is 0 Å². The van der Waals surface area contributed by atoms with Gasteiger partial charge in [0, 0.05) is 12.8 Å². The van der Waals surface area contributed by atoms with Gasteiger partial charge in [-0.25, -0.2) is 23.8 Å². The van der Waals surface area contributed by atoms with Crippen molar-refractivity contribution < 1.29 is 13.9 Å². The Kier molecular flexibility index (Phi) is 5.88. The Balaban J connectivity index is 1.59. The number of aromatic amines is 1. The molecule has 4 rings (SSSR count). The molecule has 1 amide bonds. The third kappa shape index (κ3) is 4.24. The van der Waals surface area contributed by atoms with Crippen LogP contribution >= 0.6 is 11.6 Å². The first-order chi connectivity index (χ1) is 14.9. The van der Waals surface area contributed by atoms with Crippen molar-refractivity contribution in [3.63, 3.8) is 0 Å². The number of hydrogen-bond acceptors (Lipinski definition) is 5. The van der Waals surface area contributed by atoms with Gasteiger partial charge < -0.3 is 10.1 Å². The van der Waals surface area contributed by atoms with Crippen molar-refractivity contribution in [2.24, 2.45) is 0 Å². The van der Waals surface area contributed by atoms with E-state index < -0.39 is 17.2 Å². The molecule has 2 aromatic heterocycles. The zero-order valence-corrected chi connectivity index (χ0v) is 17.6. The van der Waals surface area contributed by atoms with Gasteiger partial charge in [0.1, 0.15) is 23.1 Å². The van der Waals surface area contributed by atoms with Crippen molar-refractivity contribution in [3.05, 3.63) is 74.8 Å². The van der Waals surface area contributed by atoms with Crippen molar-refractivity contribution >= 4 is 17.5 Å². The number of halogens is 2. The van der Waals surface area contributed by atoms with E-state index in [-0.39, 0.29) is 28.8 Å². The second kappa shape index (κ2) is 8.60. The van der Waals surface area contributed by atoms with E-state index in [0.717, 1.165) is 18.4 Å². The van der Waals surface area contributed by atoms with E-state index in [1.165, 1.54) is 29.0 Å². The van der Waals surface area contributed by atoms with Gasteiger partial charge in [0.15, 0.2) is 0 Å². The molecule has 1 aromatic carbocycles. The average Bonchev–Trinajstić information content (AvgIpc) is 3.11. The number of carbonyl (C=O) groups excluding carboxylic acids is 1. The lowest BCUT2D eigenvalue weighted by Gasteiger charge is -2.38. The first-order valence-corrected chi connectivity index (χ1v) is 10.3. The van der Waals surface area contributed by atoms with Crippen LogP contribution in [0.2, 0.25) is 5.02 Å². The molecule has 0 bridgehead atoms. The molecule has 8 nitrogen and oxygen atoms in total. The molecule has 1 aliphatic heterocycles.